The number of aldehydes is 1. The molecule has 3 amide bonds. The summed E-state index contributed by atoms with van der Waals surface area (Å²) in [7, 11) is 0. The van der Waals surface area contributed by atoms with Crippen molar-refractivity contribution >= 4 is 24.0 Å². The van der Waals surface area contributed by atoms with Crippen molar-refractivity contribution in [3.63, 3.8) is 0 Å². The zero-order valence-corrected chi connectivity index (χ0v) is 17.9. The Hall–Kier alpha value is -2.70. The van der Waals surface area contributed by atoms with Crippen LogP contribution in [-0.4, -0.2) is 42.1 Å². The third-order valence-electron chi connectivity index (χ3n) is 4.44. The summed E-state index contributed by atoms with van der Waals surface area (Å²) >= 11 is 0. The second kappa shape index (κ2) is 12.0. The van der Waals surface area contributed by atoms with Crippen LogP contribution in [0.1, 0.15) is 46.6 Å². The second-order valence-corrected chi connectivity index (χ2v) is 8.05. The predicted octanol–water partition coefficient (Wildman–Crippen LogP) is 1.60. The first-order valence-electron chi connectivity index (χ1n) is 10.0. The zero-order valence-electron chi connectivity index (χ0n) is 17.9. The van der Waals surface area contributed by atoms with Gasteiger partial charge < -0.3 is 20.7 Å². The van der Waals surface area contributed by atoms with E-state index >= 15 is 0 Å². The van der Waals surface area contributed by atoms with Gasteiger partial charge in [-0.2, -0.15) is 0 Å². The summed E-state index contributed by atoms with van der Waals surface area (Å²) < 4.78 is 0. The highest BCUT2D eigenvalue weighted by Gasteiger charge is 2.29. The van der Waals surface area contributed by atoms with E-state index in [1.165, 1.54) is 6.92 Å². The summed E-state index contributed by atoms with van der Waals surface area (Å²) in [5, 5.41) is 8.09. The number of nitrogens with one attached hydrogen (secondary N) is 3. The lowest BCUT2D eigenvalue weighted by Gasteiger charge is -2.26. The van der Waals surface area contributed by atoms with E-state index in [1.54, 1.807) is 0 Å². The molecule has 0 radical (unpaired) electrons. The maximum absolute atomic E-state index is 12.8. The molecule has 0 fully saturated rings. The van der Waals surface area contributed by atoms with E-state index in [9.17, 15) is 19.2 Å². The van der Waals surface area contributed by atoms with Gasteiger partial charge in [0, 0.05) is 6.92 Å². The van der Waals surface area contributed by atoms with Gasteiger partial charge in [-0.1, -0.05) is 58.0 Å². The van der Waals surface area contributed by atoms with E-state index in [1.807, 2.05) is 58.0 Å². The maximum atomic E-state index is 12.8. The predicted molar refractivity (Wildman–Crippen MR) is 112 cm³/mol. The molecule has 0 spiro atoms. The van der Waals surface area contributed by atoms with Crippen LogP contribution in [0.4, 0.5) is 0 Å². The van der Waals surface area contributed by atoms with Gasteiger partial charge >= 0.3 is 0 Å². The lowest BCUT2D eigenvalue weighted by atomic mass is 9.99. The first-order valence-corrected chi connectivity index (χ1v) is 10.0. The Bertz CT molecular complexity index is 689. The fourth-order valence-electron chi connectivity index (χ4n) is 3.01. The Morgan fingerprint density at radius 2 is 1.55 bits per heavy atom. The Labute approximate surface area is 173 Å². The van der Waals surface area contributed by atoms with E-state index in [2.05, 4.69) is 16.0 Å². The number of carbonyl (C=O) groups excluding carboxylic acids is 4. The molecule has 0 aliphatic heterocycles. The van der Waals surface area contributed by atoms with E-state index in [0.717, 1.165) is 5.56 Å². The van der Waals surface area contributed by atoms with Gasteiger partial charge in [0.15, 0.2) is 0 Å². The molecule has 0 aliphatic carbocycles. The van der Waals surface area contributed by atoms with Crippen LogP contribution in [0.5, 0.6) is 0 Å². The first-order chi connectivity index (χ1) is 13.6. The summed E-state index contributed by atoms with van der Waals surface area (Å²) in [6.07, 6.45) is 1.53. The number of hydrogen-bond acceptors (Lipinski definition) is 4. The van der Waals surface area contributed by atoms with Gasteiger partial charge in [-0.15, -0.1) is 0 Å². The molecule has 29 heavy (non-hydrogen) atoms. The van der Waals surface area contributed by atoms with Crippen molar-refractivity contribution in [3.8, 4) is 0 Å². The lowest BCUT2D eigenvalue weighted by molar-refractivity contribution is -0.133. The molecule has 160 valence electrons. The molecule has 0 bridgehead atoms. The molecule has 7 nitrogen and oxygen atoms in total. The van der Waals surface area contributed by atoms with E-state index in [-0.39, 0.29) is 17.7 Å². The van der Waals surface area contributed by atoms with Crippen LogP contribution in [-0.2, 0) is 25.6 Å². The summed E-state index contributed by atoms with van der Waals surface area (Å²) in [5.74, 6) is -1.14. The largest absolute Gasteiger partial charge is 0.345 e. The average Bonchev–Trinajstić information content (AvgIpc) is 2.64. The molecule has 3 atom stereocenters. The molecule has 1 aromatic rings. The summed E-state index contributed by atoms with van der Waals surface area (Å²) in [5.41, 5.74) is 0.928. The van der Waals surface area contributed by atoms with Gasteiger partial charge in [-0.05, 0) is 30.2 Å². The third-order valence-corrected chi connectivity index (χ3v) is 4.44. The van der Waals surface area contributed by atoms with Gasteiger partial charge in [-0.25, -0.2) is 0 Å². The molecule has 0 saturated carbocycles. The minimum Gasteiger partial charge on any atom is -0.345 e. The van der Waals surface area contributed by atoms with Gasteiger partial charge in [0.2, 0.25) is 17.7 Å². The van der Waals surface area contributed by atoms with E-state index in [4.69, 9.17) is 0 Å². The number of rotatable bonds is 11. The third kappa shape index (κ3) is 8.89. The van der Waals surface area contributed by atoms with Crippen LogP contribution in [0.3, 0.4) is 0 Å². The van der Waals surface area contributed by atoms with Crippen molar-refractivity contribution in [2.24, 2.45) is 11.8 Å². The molecule has 3 unspecified atom stereocenters. The number of amides is 3. The molecule has 0 aliphatic rings. The summed E-state index contributed by atoms with van der Waals surface area (Å²) in [4.78, 5) is 48.4. The standard InChI is InChI=1S/C22H33N3O4/c1-14(2)11-19(23-16(5)27)21(28)25-20(15(3)4)22(29)24-18(13-26)12-17-9-7-6-8-10-17/h6-10,13-15,18-20H,11-12H2,1-5H3,(H,23,27)(H,24,29)(H,25,28). The smallest absolute Gasteiger partial charge is 0.243 e. The minimum absolute atomic E-state index is 0.189. The van der Waals surface area contributed by atoms with Crippen molar-refractivity contribution < 1.29 is 19.2 Å². The van der Waals surface area contributed by atoms with Crippen molar-refractivity contribution in [2.75, 3.05) is 0 Å². The summed E-state index contributed by atoms with van der Waals surface area (Å²) in [6, 6.07) is 7.16. The topological polar surface area (TPSA) is 104 Å². The van der Waals surface area contributed by atoms with Crippen LogP contribution >= 0.6 is 0 Å². The van der Waals surface area contributed by atoms with Gasteiger partial charge in [0.05, 0.1) is 6.04 Å². The highest BCUT2D eigenvalue weighted by molar-refractivity contribution is 5.92. The Morgan fingerprint density at radius 1 is 0.931 bits per heavy atom. The number of carbonyl (C=O) groups is 4. The zero-order chi connectivity index (χ0) is 22.0. The number of hydrogen-bond donors (Lipinski definition) is 3. The number of benzene rings is 1. The van der Waals surface area contributed by atoms with Crippen LogP contribution in [0.25, 0.3) is 0 Å². The van der Waals surface area contributed by atoms with Crippen molar-refractivity contribution in [2.45, 2.75) is 65.6 Å². The van der Waals surface area contributed by atoms with Crippen molar-refractivity contribution in [1.29, 1.82) is 0 Å². The maximum Gasteiger partial charge on any atom is 0.243 e. The summed E-state index contributed by atoms with van der Waals surface area (Å²) in [6.45, 7) is 8.88. The fourth-order valence-corrected chi connectivity index (χ4v) is 3.01. The molecule has 0 heterocycles. The van der Waals surface area contributed by atoms with Gasteiger partial charge in [0.25, 0.3) is 0 Å². The van der Waals surface area contributed by atoms with E-state index in [0.29, 0.717) is 19.1 Å². The average molecular weight is 404 g/mol. The molecule has 1 aromatic carbocycles. The molecule has 1 rings (SSSR count). The van der Waals surface area contributed by atoms with Crippen LogP contribution in [0.2, 0.25) is 0 Å². The van der Waals surface area contributed by atoms with E-state index < -0.39 is 29.9 Å². The molecular formula is C22H33N3O4. The first kappa shape index (κ1) is 24.3. The fraction of sp³-hybridized carbons (Fsp3) is 0.545. The molecular weight excluding hydrogens is 370 g/mol. The SMILES string of the molecule is CC(=O)NC(CC(C)C)C(=O)NC(C(=O)NC(C=O)Cc1ccccc1)C(C)C. The molecule has 7 heteroatoms. The highest BCUT2D eigenvalue weighted by Crippen LogP contribution is 2.09. The normalized spacial score (nSPS) is 14.0. The van der Waals surface area contributed by atoms with Gasteiger partial charge in [0.1, 0.15) is 18.4 Å². The lowest BCUT2D eigenvalue weighted by Crippen LogP contribution is -2.57. The molecule has 0 aromatic heterocycles. The minimum atomic E-state index is -0.816. The van der Waals surface area contributed by atoms with Crippen molar-refractivity contribution in [1.82, 2.24) is 16.0 Å². The second-order valence-electron chi connectivity index (χ2n) is 8.05. The van der Waals surface area contributed by atoms with Crippen LogP contribution < -0.4 is 16.0 Å². The van der Waals surface area contributed by atoms with Crippen LogP contribution in [0.15, 0.2) is 30.3 Å². The highest BCUT2D eigenvalue weighted by atomic mass is 16.2. The quantitative estimate of drug-likeness (QED) is 0.488. The van der Waals surface area contributed by atoms with Gasteiger partial charge in [-0.3, -0.25) is 14.4 Å². The van der Waals surface area contributed by atoms with Crippen LogP contribution in [0, 0.1) is 11.8 Å². The molecule has 3 N–H and O–H groups in total. The monoisotopic (exact) mass is 403 g/mol. The molecule has 0 saturated heterocycles. The van der Waals surface area contributed by atoms with Crippen molar-refractivity contribution in [3.05, 3.63) is 35.9 Å². The Morgan fingerprint density at radius 3 is 2.03 bits per heavy atom. The Kier molecular flexibility index (Phi) is 10.1. The Balaban J connectivity index is 2.83.